The molecule has 0 aliphatic rings. The Kier molecular flexibility index (Phi) is 5.64. The van der Waals surface area contributed by atoms with E-state index in [4.69, 9.17) is 0 Å². The highest BCUT2D eigenvalue weighted by Gasteiger charge is 1.92. The maximum absolute atomic E-state index is 2.26. The van der Waals surface area contributed by atoms with Gasteiger partial charge >= 0.3 is 0 Å². The first-order valence-corrected chi connectivity index (χ1v) is 6.62. The van der Waals surface area contributed by atoms with Crippen molar-refractivity contribution < 1.29 is 0 Å². The SMILES string of the molecule is CCc1ccc(C)c(C)c1.Cc1ccc(C)cc1. The minimum Gasteiger partial charge on any atom is -0.0613 e. The summed E-state index contributed by atoms with van der Waals surface area (Å²) in [6.07, 6.45) is 1.14. The fourth-order valence-electron chi connectivity index (χ4n) is 1.66. The fourth-order valence-corrected chi connectivity index (χ4v) is 1.66. The predicted molar refractivity (Wildman–Crippen MR) is 81.2 cm³/mol. The summed E-state index contributed by atoms with van der Waals surface area (Å²) in [5.74, 6) is 0. The minimum atomic E-state index is 1.14. The van der Waals surface area contributed by atoms with Crippen molar-refractivity contribution in [3.05, 3.63) is 70.3 Å². The van der Waals surface area contributed by atoms with Crippen LogP contribution in [0.5, 0.6) is 0 Å². The Morgan fingerprint density at radius 3 is 1.56 bits per heavy atom. The second kappa shape index (κ2) is 7.00. The van der Waals surface area contributed by atoms with Crippen molar-refractivity contribution in [2.45, 2.75) is 41.0 Å². The lowest BCUT2D eigenvalue weighted by atomic mass is 10.1. The van der Waals surface area contributed by atoms with Crippen LogP contribution >= 0.6 is 0 Å². The molecule has 0 aliphatic heterocycles. The summed E-state index contributed by atoms with van der Waals surface area (Å²) in [7, 11) is 0. The van der Waals surface area contributed by atoms with Crippen LogP contribution in [-0.4, -0.2) is 0 Å². The number of aryl methyl sites for hydroxylation is 5. The minimum absolute atomic E-state index is 1.14. The first kappa shape index (κ1) is 14.5. The van der Waals surface area contributed by atoms with Crippen molar-refractivity contribution in [2.24, 2.45) is 0 Å². The lowest BCUT2D eigenvalue weighted by molar-refractivity contribution is 1.12. The molecule has 2 aromatic rings. The second-order valence-electron chi connectivity index (χ2n) is 4.93. The molecule has 2 rings (SSSR count). The topological polar surface area (TPSA) is 0 Å². The molecule has 0 atom stereocenters. The van der Waals surface area contributed by atoms with Crippen molar-refractivity contribution in [3.63, 3.8) is 0 Å². The van der Waals surface area contributed by atoms with E-state index in [-0.39, 0.29) is 0 Å². The molecule has 0 amide bonds. The van der Waals surface area contributed by atoms with E-state index in [1.165, 1.54) is 27.8 Å². The van der Waals surface area contributed by atoms with E-state index in [1.54, 1.807) is 0 Å². The molecule has 2 aromatic carbocycles. The van der Waals surface area contributed by atoms with Crippen LogP contribution in [-0.2, 0) is 6.42 Å². The van der Waals surface area contributed by atoms with E-state index >= 15 is 0 Å². The zero-order valence-corrected chi connectivity index (χ0v) is 12.2. The Hall–Kier alpha value is -1.56. The Morgan fingerprint density at radius 2 is 1.17 bits per heavy atom. The Balaban J connectivity index is 0.000000184. The lowest BCUT2D eigenvalue weighted by Gasteiger charge is -2.01. The van der Waals surface area contributed by atoms with Gasteiger partial charge in [0.25, 0.3) is 0 Å². The highest BCUT2D eigenvalue weighted by atomic mass is 14.0. The number of rotatable bonds is 1. The third-order valence-electron chi connectivity index (χ3n) is 3.20. The van der Waals surface area contributed by atoms with E-state index in [9.17, 15) is 0 Å². The molecule has 0 fully saturated rings. The van der Waals surface area contributed by atoms with E-state index in [0.29, 0.717) is 0 Å². The third kappa shape index (κ3) is 4.75. The smallest absolute Gasteiger partial charge is 0.0307 e. The fraction of sp³-hybridized carbons (Fsp3) is 0.333. The summed E-state index contributed by atoms with van der Waals surface area (Å²) in [4.78, 5) is 0. The van der Waals surface area contributed by atoms with Gasteiger partial charge in [-0.05, 0) is 50.8 Å². The first-order chi connectivity index (χ1) is 8.52. The summed E-state index contributed by atoms with van der Waals surface area (Å²) >= 11 is 0. The van der Waals surface area contributed by atoms with Crippen molar-refractivity contribution in [3.8, 4) is 0 Å². The highest BCUT2D eigenvalue weighted by molar-refractivity contribution is 5.29. The summed E-state index contributed by atoms with van der Waals surface area (Å²) in [6, 6.07) is 15.1. The van der Waals surface area contributed by atoms with Crippen molar-refractivity contribution >= 4 is 0 Å². The maximum atomic E-state index is 2.26. The Labute approximate surface area is 112 Å². The van der Waals surface area contributed by atoms with Gasteiger partial charge in [0.1, 0.15) is 0 Å². The molecule has 0 spiro atoms. The van der Waals surface area contributed by atoms with Gasteiger partial charge in [-0.15, -0.1) is 0 Å². The number of benzene rings is 2. The molecular formula is C18H24. The molecule has 0 saturated heterocycles. The van der Waals surface area contributed by atoms with Gasteiger partial charge in [-0.1, -0.05) is 60.5 Å². The lowest BCUT2D eigenvalue weighted by Crippen LogP contribution is -1.84. The molecule has 96 valence electrons. The number of hydrogen-bond acceptors (Lipinski definition) is 0. The van der Waals surface area contributed by atoms with Crippen LogP contribution in [0.25, 0.3) is 0 Å². The van der Waals surface area contributed by atoms with Gasteiger partial charge in [-0.2, -0.15) is 0 Å². The Bertz CT molecular complexity index is 457. The van der Waals surface area contributed by atoms with E-state index in [2.05, 4.69) is 77.1 Å². The molecule has 0 aliphatic carbocycles. The van der Waals surface area contributed by atoms with Gasteiger partial charge < -0.3 is 0 Å². The molecule has 0 aromatic heterocycles. The van der Waals surface area contributed by atoms with Crippen LogP contribution < -0.4 is 0 Å². The molecule has 0 saturated carbocycles. The van der Waals surface area contributed by atoms with Gasteiger partial charge in [-0.25, -0.2) is 0 Å². The quantitative estimate of drug-likeness (QED) is 0.645. The maximum Gasteiger partial charge on any atom is -0.0307 e. The zero-order valence-electron chi connectivity index (χ0n) is 12.2. The van der Waals surface area contributed by atoms with E-state index in [1.807, 2.05) is 0 Å². The molecular weight excluding hydrogens is 216 g/mol. The van der Waals surface area contributed by atoms with Gasteiger partial charge in [0.05, 0.1) is 0 Å². The molecule has 0 radical (unpaired) electrons. The molecule has 0 heteroatoms. The van der Waals surface area contributed by atoms with Crippen LogP contribution in [0, 0.1) is 27.7 Å². The average Bonchev–Trinajstić information content (AvgIpc) is 2.37. The van der Waals surface area contributed by atoms with Crippen molar-refractivity contribution in [1.29, 1.82) is 0 Å². The average molecular weight is 240 g/mol. The summed E-state index contributed by atoms with van der Waals surface area (Å²) < 4.78 is 0. The first-order valence-electron chi connectivity index (χ1n) is 6.62. The molecule has 0 nitrogen and oxygen atoms in total. The largest absolute Gasteiger partial charge is 0.0613 e. The van der Waals surface area contributed by atoms with Gasteiger partial charge in [-0.3, -0.25) is 0 Å². The predicted octanol–water partition coefficient (Wildman–Crippen LogP) is 5.17. The number of hydrogen-bond donors (Lipinski definition) is 0. The third-order valence-corrected chi connectivity index (χ3v) is 3.20. The van der Waals surface area contributed by atoms with Gasteiger partial charge in [0.15, 0.2) is 0 Å². The monoisotopic (exact) mass is 240 g/mol. The van der Waals surface area contributed by atoms with Crippen molar-refractivity contribution in [2.75, 3.05) is 0 Å². The summed E-state index contributed by atoms with van der Waals surface area (Å²) in [6.45, 7) is 10.7. The van der Waals surface area contributed by atoms with Crippen LogP contribution in [0.2, 0.25) is 0 Å². The van der Waals surface area contributed by atoms with E-state index < -0.39 is 0 Å². The van der Waals surface area contributed by atoms with Crippen LogP contribution in [0.15, 0.2) is 42.5 Å². The summed E-state index contributed by atoms with van der Waals surface area (Å²) in [5.41, 5.74) is 6.88. The van der Waals surface area contributed by atoms with E-state index in [0.717, 1.165) is 6.42 Å². The molecule has 0 bridgehead atoms. The summed E-state index contributed by atoms with van der Waals surface area (Å²) in [5, 5.41) is 0. The zero-order chi connectivity index (χ0) is 13.5. The van der Waals surface area contributed by atoms with Gasteiger partial charge in [0.2, 0.25) is 0 Å². The molecule has 0 N–H and O–H groups in total. The van der Waals surface area contributed by atoms with Crippen LogP contribution in [0.4, 0.5) is 0 Å². The van der Waals surface area contributed by atoms with Gasteiger partial charge in [0, 0.05) is 0 Å². The van der Waals surface area contributed by atoms with Crippen LogP contribution in [0.1, 0.15) is 34.7 Å². The molecule has 0 unspecified atom stereocenters. The normalized spacial score (nSPS) is 9.61. The standard InChI is InChI=1S/C10H14.C8H10/c1-4-10-6-5-8(2)9(3)7-10;1-7-3-5-8(2)6-4-7/h5-7H,4H2,1-3H3;3-6H,1-2H3. The van der Waals surface area contributed by atoms with Crippen molar-refractivity contribution in [1.82, 2.24) is 0 Å². The van der Waals surface area contributed by atoms with Crippen LogP contribution in [0.3, 0.4) is 0 Å². The molecule has 0 heterocycles. The Morgan fingerprint density at radius 1 is 0.667 bits per heavy atom. The highest BCUT2D eigenvalue weighted by Crippen LogP contribution is 2.09. The second-order valence-corrected chi connectivity index (χ2v) is 4.93. The molecule has 18 heavy (non-hydrogen) atoms.